The fourth-order valence-corrected chi connectivity index (χ4v) is 4.01. The average Bonchev–Trinajstić information content (AvgIpc) is 2.90. The summed E-state index contributed by atoms with van der Waals surface area (Å²) in [6.45, 7) is 0.362. The molecule has 206 valence electrons. The van der Waals surface area contributed by atoms with Gasteiger partial charge in [0.05, 0.1) is 19.8 Å². The van der Waals surface area contributed by atoms with E-state index in [0.29, 0.717) is 0 Å². The van der Waals surface area contributed by atoms with Gasteiger partial charge in [0, 0.05) is 14.0 Å². The Morgan fingerprint density at radius 2 is 1.53 bits per heavy atom. The van der Waals surface area contributed by atoms with Crippen LogP contribution in [0.1, 0.15) is 18.1 Å². The van der Waals surface area contributed by atoms with Crippen molar-refractivity contribution in [1.82, 2.24) is 10.2 Å². The number of halogens is 1. The Hall–Kier alpha value is -3.20. The van der Waals surface area contributed by atoms with Gasteiger partial charge in [0.15, 0.2) is 23.0 Å². The number of hydrogen-bond donors (Lipinski definition) is 2. The van der Waals surface area contributed by atoms with E-state index >= 15 is 0 Å². The zero-order chi connectivity index (χ0) is 28.0. The van der Waals surface area contributed by atoms with Crippen molar-refractivity contribution in [2.45, 2.75) is 26.4 Å². The van der Waals surface area contributed by atoms with Gasteiger partial charge in [-0.1, -0.05) is 60.7 Å². The maximum Gasteiger partial charge on any atom is 0.521 e. The highest BCUT2D eigenvalue weighted by Crippen LogP contribution is 2.51. The minimum absolute atomic E-state index is 0.0479. The molecule has 0 bridgehead atoms. The lowest BCUT2D eigenvalue weighted by Gasteiger charge is -2.20. The molecule has 0 saturated heterocycles. The molecule has 15 heteroatoms. The smallest absolute Gasteiger partial charge is 0.424 e. The Morgan fingerprint density at radius 3 is 2.03 bits per heavy atom. The van der Waals surface area contributed by atoms with Gasteiger partial charge in [-0.2, -0.15) is 0 Å². The molecule has 0 heterocycles. The van der Waals surface area contributed by atoms with Gasteiger partial charge in [-0.15, -0.1) is 4.76 Å². The maximum atomic E-state index is 13.4. The number of benzene rings is 2. The molecule has 2 aromatic carbocycles. The van der Waals surface area contributed by atoms with Crippen molar-refractivity contribution in [2.24, 2.45) is 10.5 Å². The van der Waals surface area contributed by atoms with Crippen molar-refractivity contribution in [3.63, 3.8) is 0 Å². The number of likely N-dealkylation sites (N-methyl/N-ethyl adjacent to an activating group) is 1. The van der Waals surface area contributed by atoms with E-state index in [0.717, 1.165) is 11.1 Å². The van der Waals surface area contributed by atoms with Crippen molar-refractivity contribution in [3.8, 4) is 0 Å². The highest BCUT2D eigenvalue weighted by Gasteiger charge is 2.27. The van der Waals surface area contributed by atoms with Gasteiger partial charge in [0.1, 0.15) is 6.54 Å². The third-order valence-corrected chi connectivity index (χ3v) is 6.24. The van der Waals surface area contributed by atoms with Gasteiger partial charge < -0.3 is 28.5 Å². The van der Waals surface area contributed by atoms with Crippen LogP contribution < -0.4 is 11.1 Å². The van der Waals surface area contributed by atoms with Crippen molar-refractivity contribution in [1.29, 1.82) is 0 Å². The minimum atomic E-state index is -4.10. The summed E-state index contributed by atoms with van der Waals surface area (Å²) in [4.78, 5) is 36.3. The van der Waals surface area contributed by atoms with Crippen LogP contribution in [-0.4, -0.2) is 55.3 Å². The number of nitrogens with zero attached hydrogens (tertiary/aromatic N) is 2. The molecule has 0 saturated carbocycles. The number of carbonyl (C=O) groups excluding carboxylic acids is 3. The second-order valence-electron chi connectivity index (χ2n) is 7.58. The first-order valence-electron chi connectivity index (χ1n) is 11.1. The topological polar surface area (TPSA) is 168 Å². The van der Waals surface area contributed by atoms with Crippen LogP contribution in [-0.2, 0) is 49.0 Å². The minimum Gasteiger partial charge on any atom is -0.424 e. The summed E-state index contributed by atoms with van der Waals surface area (Å²) in [7, 11) is -2.67. The number of amides is 1. The average molecular weight is 662 g/mol. The first-order chi connectivity index (χ1) is 18.1. The third-order valence-electron chi connectivity index (χ3n) is 4.52. The first-order valence-corrected chi connectivity index (χ1v) is 13.5. The largest absolute Gasteiger partial charge is 0.521 e. The summed E-state index contributed by atoms with van der Waals surface area (Å²) < 4.78 is 42.1. The number of ether oxygens (including phenoxy) is 2. The SMILES string of the molecule is CC(OC(=O)CNC(=O)CN(C)C(N)=NP(=O)(OCc1ccccc1)OCc1ccccc1)OC(=O)OI. The number of nitrogens with one attached hydrogen (secondary N) is 1. The molecule has 2 aromatic rings. The quantitative estimate of drug-likeness (QED) is 0.0807. The van der Waals surface area contributed by atoms with Crippen LogP contribution in [0.25, 0.3) is 0 Å². The van der Waals surface area contributed by atoms with E-state index in [2.05, 4.69) is 17.9 Å². The lowest BCUT2D eigenvalue weighted by Crippen LogP contribution is -2.43. The van der Waals surface area contributed by atoms with Gasteiger partial charge in [-0.3, -0.25) is 18.6 Å². The Kier molecular flexibility index (Phi) is 13.0. The highest BCUT2D eigenvalue weighted by molar-refractivity contribution is 14.1. The van der Waals surface area contributed by atoms with Crippen LogP contribution >= 0.6 is 30.8 Å². The molecule has 0 fully saturated rings. The fourth-order valence-electron chi connectivity index (χ4n) is 2.69. The molecule has 1 unspecified atom stereocenters. The second-order valence-corrected chi connectivity index (χ2v) is 9.67. The Labute approximate surface area is 233 Å². The maximum absolute atomic E-state index is 13.4. The molecule has 38 heavy (non-hydrogen) atoms. The molecule has 0 aliphatic carbocycles. The Bertz CT molecular complexity index is 1090. The Balaban J connectivity index is 1.96. The molecule has 0 spiro atoms. The number of guanidine groups is 1. The molecule has 0 aromatic heterocycles. The zero-order valence-corrected chi connectivity index (χ0v) is 23.7. The summed E-state index contributed by atoms with van der Waals surface area (Å²) in [5.41, 5.74) is 7.47. The van der Waals surface area contributed by atoms with E-state index in [9.17, 15) is 18.9 Å². The van der Waals surface area contributed by atoms with Crippen LogP contribution in [0.15, 0.2) is 65.4 Å². The second kappa shape index (κ2) is 15.9. The van der Waals surface area contributed by atoms with Crippen LogP contribution in [0.4, 0.5) is 4.79 Å². The molecular formula is C23H28IN4O9P. The normalized spacial score (nSPS) is 12.2. The highest BCUT2D eigenvalue weighted by atomic mass is 127. The monoisotopic (exact) mass is 662 g/mol. The van der Waals surface area contributed by atoms with Crippen molar-refractivity contribution >= 4 is 54.7 Å². The first kappa shape index (κ1) is 31.0. The van der Waals surface area contributed by atoms with E-state index < -0.39 is 38.6 Å². The zero-order valence-electron chi connectivity index (χ0n) is 20.7. The Morgan fingerprint density at radius 1 is 1.00 bits per heavy atom. The molecule has 0 radical (unpaired) electrons. The van der Waals surface area contributed by atoms with E-state index in [1.54, 1.807) is 48.5 Å². The van der Waals surface area contributed by atoms with Crippen molar-refractivity contribution < 1.29 is 40.5 Å². The number of esters is 1. The van der Waals surface area contributed by atoms with Crippen LogP contribution in [0.5, 0.6) is 0 Å². The summed E-state index contributed by atoms with van der Waals surface area (Å²) in [5.74, 6) is -1.76. The third kappa shape index (κ3) is 11.9. The summed E-state index contributed by atoms with van der Waals surface area (Å²) >= 11 is 1.31. The van der Waals surface area contributed by atoms with Crippen molar-refractivity contribution in [2.75, 3.05) is 20.1 Å². The van der Waals surface area contributed by atoms with E-state index in [-0.39, 0.29) is 25.7 Å². The summed E-state index contributed by atoms with van der Waals surface area (Å²) in [5, 5.41) is 2.33. The van der Waals surface area contributed by atoms with E-state index in [1.807, 2.05) is 12.1 Å². The van der Waals surface area contributed by atoms with Crippen molar-refractivity contribution in [3.05, 3.63) is 71.8 Å². The molecule has 0 aliphatic rings. The van der Waals surface area contributed by atoms with Crippen LogP contribution in [0.3, 0.4) is 0 Å². The standard InChI is InChI=1S/C23H28IN4O9P/c1-17(36-23(31)37-24)35-21(30)13-26-20(29)14-28(2)22(25)27-38(32,33-15-18-9-5-3-6-10-18)34-16-19-11-7-4-8-12-19/h3-12,17H,13-16H2,1-2H3,(H,26,29)(H2,25,27,32). The molecule has 3 N–H and O–H groups in total. The molecule has 13 nitrogen and oxygen atoms in total. The van der Waals surface area contributed by atoms with E-state index in [1.165, 1.54) is 41.9 Å². The van der Waals surface area contributed by atoms with Gasteiger partial charge in [0.2, 0.25) is 18.2 Å². The van der Waals surface area contributed by atoms with E-state index in [4.69, 9.17) is 19.5 Å². The van der Waals surface area contributed by atoms with Gasteiger partial charge in [-0.25, -0.2) is 9.36 Å². The predicted molar refractivity (Wildman–Crippen MR) is 144 cm³/mol. The number of rotatable bonds is 13. The lowest BCUT2D eigenvalue weighted by atomic mass is 10.2. The molecule has 2 rings (SSSR count). The van der Waals surface area contributed by atoms with Gasteiger partial charge in [0.25, 0.3) is 0 Å². The molecule has 0 aliphatic heterocycles. The molecule has 1 atom stereocenters. The summed E-state index contributed by atoms with van der Waals surface area (Å²) in [6.07, 6.45) is -2.25. The fraction of sp³-hybridized carbons (Fsp3) is 0.304. The number of carbonyl (C=O) groups is 3. The van der Waals surface area contributed by atoms with Gasteiger partial charge in [-0.05, 0) is 11.1 Å². The number of hydrogen-bond acceptors (Lipinski definition) is 9. The predicted octanol–water partition coefficient (Wildman–Crippen LogP) is 3.28. The number of nitrogens with two attached hydrogens (primary N) is 1. The van der Waals surface area contributed by atoms with Crippen LogP contribution in [0.2, 0.25) is 0 Å². The lowest BCUT2D eigenvalue weighted by molar-refractivity contribution is -0.165. The van der Waals surface area contributed by atoms with Gasteiger partial charge >= 0.3 is 19.9 Å². The molecule has 1 amide bonds. The molecular weight excluding hydrogens is 634 g/mol. The summed E-state index contributed by atoms with van der Waals surface area (Å²) in [6, 6.07) is 18.1. The van der Waals surface area contributed by atoms with Crippen LogP contribution in [0, 0.1) is 0 Å².